The van der Waals surface area contributed by atoms with Crippen LogP contribution in [0.4, 0.5) is 17.1 Å². The van der Waals surface area contributed by atoms with Gasteiger partial charge < -0.3 is 21.1 Å². The van der Waals surface area contributed by atoms with Gasteiger partial charge in [0.15, 0.2) is 6.61 Å². The van der Waals surface area contributed by atoms with Gasteiger partial charge in [-0.15, -0.1) is 0 Å². The maximum Gasteiger partial charge on any atom is 0.262 e. The number of rotatable bonds is 2. The molecule has 3 rings (SSSR count). The molecular formula is C15H21N3O2. The minimum Gasteiger partial charge on any atom is -0.482 e. The smallest absolute Gasteiger partial charge is 0.262 e. The highest BCUT2D eigenvalue weighted by Crippen LogP contribution is 2.36. The molecule has 0 bridgehead atoms. The Hall–Kier alpha value is -1.91. The minimum atomic E-state index is -0.125. The van der Waals surface area contributed by atoms with Gasteiger partial charge >= 0.3 is 0 Å². The fourth-order valence-corrected chi connectivity index (χ4v) is 3.05. The van der Waals surface area contributed by atoms with Gasteiger partial charge in [0.05, 0.1) is 17.1 Å². The molecule has 1 fully saturated rings. The van der Waals surface area contributed by atoms with E-state index in [1.165, 1.54) is 25.7 Å². The largest absolute Gasteiger partial charge is 0.482 e. The highest BCUT2D eigenvalue weighted by atomic mass is 16.5. The number of nitrogens with two attached hydrogens (primary N) is 1. The fraction of sp³-hybridized carbons (Fsp3) is 0.533. The quantitative estimate of drug-likeness (QED) is 0.725. The maximum absolute atomic E-state index is 11.4. The van der Waals surface area contributed by atoms with Crippen LogP contribution in [0.1, 0.15) is 32.6 Å². The van der Waals surface area contributed by atoms with Crippen LogP contribution in [-0.4, -0.2) is 18.6 Å². The van der Waals surface area contributed by atoms with Gasteiger partial charge in [-0.25, -0.2) is 0 Å². The Balaban J connectivity index is 1.79. The third kappa shape index (κ3) is 2.66. The van der Waals surface area contributed by atoms with E-state index in [2.05, 4.69) is 17.6 Å². The van der Waals surface area contributed by atoms with Crippen molar-refractivity contribution in [2.45, 2.75) is 38.6 Å². The summed E-state index contributed by atoms with van der Waals surface area (Å²) in [5.74, 6) is 1.27. The third-order valence-corrected chi connectivity index (χ3v) is 4.08. The predicted octanol–water partition coefficient (Wildman–Crippen LogP) is 2.59. The van der Waals surface area contributed by atoms with Crippen molar-refractivity contribution in [3.8, 4) is 5.75 Å². The number of benzene rings is 1. The summed E-state index contributed by atoms with van der Waals surface area (Å²) in [6.45, 7) is 2.34. The number of fused-ring (bicyclic) bond motifs is 1. The lowest BCUT2D eigenvalue weighted by Gasteiger charge is -2.29. The first-order valence-electron chi connectivity index (χ1n) is 7.24. The molecule has 1 aliphatic heterocycles. The topological polar surface area (TPSA) is 76.4 Å². The number of carbonyl (C=O) groups excluding carboxylic acids is 1. The van der Waals surface area contributed by atoms with E-state index in [4.69, 9.17) is 10.5 Å². The molecule has 1 aromatic rings. The Kier molecular flexibility index (Phi) is 3.42. The van der Waals surface area contributed by atoms with E-state index < -0.39 is 0 Å². The van der Waals surface area contributed by atoms with Gasteiger partial charge in [0, 0.05) is 12.1 Å². The Morgan fingerprint density at radius 3 is 3.05 bits per heavy atom. The number of hydrogen-bond donors (Lipinski definition) is 3. The molecule has 1 saturated carbocycles. The van der Waals surface area contributed by atoms with Gasteiger partial charge in [-0.1, -0.05) is 19.8 Å². The summed E-state index contributed by atoms with van der Waals surface area (Å²) in [6, 6.07) is 4.11. The molecule has 2 atom stereocenters. The summed E-state index contributed by atoms with van der Waals surface area (Å²) in [7, 11) is 0. The van der Waals surface area contributed by atoms with Gasteiger partial charge in [-0.05, 0) is 24.8 Å². The van der Waals surface area contributed by atoms with Crippen LogP contribution < -0.4 is 21.1 Å². The summed E-state index contributed by atoms with van der Waals surface area (Å²) in [5.41, 5.74) is 8.32. The number of hydrogen-bond acceptors (Lipinski definition) is 4. The molecule has 5 heteroatoms. The number of amides is 1. The third-order valence-electron chi connectivity index (χ3n) is 4.08. The zero-order valence-corrected chi connectivity index (χ0v) is 11.7. The normalized spacial score (nSPS) is 25.4. The van der Waals surface area contributed by atoms with Crippen molar-refractivity contribution in [2.24, 2.45) is 5.92 Å². The Morgan fingerprint density at radius 1 is 1.40 bits per heavy atom. The zero-order chi connectivity index (χ0) is 14.1. The monoisotopic (exact) mass is 275 g/mol. The Bertz CT molecular complexity index is 530. The van der Waals surface area contributed by atoms with Crippen LogP contribution in [0.25, 0.3) is 0 Å². The summed E-state index contributed by atoms with van der Waals surface area (Å²) in [6.07, 6.45) is 4.90. The molecule has 108 valence electrons. The van der Waals surface area contributed by atoms with Crippen molar-refractivity contribution in [3.05, 3.63) is 12.1 Å². The second-order valence-corrected chi connectivity index (χ2v) is 5.89. The van der Waals surface area contributed by atoms with Crippen molar-refractivity contribution in [3.63, 3.8) is 0 Å². The molecule has 0 spiro atoms. The van der Waals surface area contributed by atoms with Crippen LogP contribution in [0.15, 0.2) is 12.1 Å². The lowest BCUT2D eigenvalue weighted by Crippen LogP contribution is -2.28. The van der Waals surface area contributed by atoms with Gasteiger partial charge in [-0.3, -0.25) is 4.79 Å². The van der Waals surface area contributed by atoms with Crippen LogP contribution >= 0.6 is 0 Å². The van der Waals surface area contributed by atoms with E-state index in [1.807, 2.05) is 6.07 Å². The van der Waals surface area contributed by atoms with E-state index in [-0.39, 0.29) is 12.5 Å². The van der Waals surface area contributed by atoms with Crippen LogP contribution in [0.2, 0.25) is 0 Å². The molecule has 2 aliphatic rings. The van der Waals surface area contributed by atoms with Crippen LogP contribution in [0, 0.1) is 5.92 Å². The fourth-order valence-electron chi connectivity index (χ4n) is 3.05. The molecule has 20 heavy (non-hydrogen) atoms. The number of nitrogen functional groups attached to an aromatic ring is 1. The van der Waals surface area contributed by atoms with E-state index >= 15 is 0 Å². The standard InChI is InChI=1S/C15H21N3O2/c1-9-3-2-4-10(5-9)17-12-7-13-14(6-11(12)16)20-8-15(19)18-13/h6-7,9-10,17H,2-5,8,16H2,1H3,(H,18,19). The molecule has 0 saturated heterocycles. The average molecular weight is 275 g/mol. The van der Waals surface area contributed by atoms with Crippen molar-refractivity contribution in [1.29, 1.82) is 0 Å². The van der Waals surface area contributed by atoms with E-state index in [0.29, 0.717) is 23.2 Å². The van der Waals surface area contributed by atoms with Crippen molar-refractivity contribution >= 4 is 23.0 Å². The molecule has 1 aromatic carbocycles. The van der Waals surface area contributed by atoms with Gasteiger partial charge in [0.2, 0.25) is 0 Å². The van der Waals surface area contributed by atoms with Crippen LogP contribution in [0.5, 0.6) is 5.75 Å². The molecule has 2 unspecified atom stereocenters. The van der Waals surface area contributed by atoms with Gasteiger partial charge in [-0.2, -0.15) is 0 Å². The maximum atomic E-state index is 11.4. The SMILES string of the molecule is CC1CCCC(Nc2cc3c(cc2N)OCC(=O)N3)C1. The predicted molar refractivity (Wildman–Crippen MR) is 80.0 cm³/mol. The van der Waals surface area contributed by atoms with Crippen LogP contribution in [-0.2, 0) is 4.79 Å². The minimum absolute atomic E-state index is 0.0549. The lowest BCUT2D eigenvalue weighted by atomic mass is 9.87. The van der Waals surface area contributed by atoms with Crippen molar-refractivity contribution < 1.29 is 9.53 Å². The Labute approximate surface area is 118 Å². The summed E-state index contributed by atoms with van der Waals surface area (Å²) in [4.78, 5) is 11.4. The molecule has 4 N–H and O–H groups in total. The van der Waals surface area contributed by atoms with Gasteiger partial charge in [0.25, 0.3) is 5.91 Å². The molecule has 1 amide bonds. The highest BCUT2D eigenvalue weighted by Gasteiger charge is 2.22. The first-order chi connectivity index (χ1) is 9.61. The molecule has 1 aliphatic carbocycles. The number of nitrogens with one attached hydrogen (secondary N) is 2. The number of anilines is 3. The average Bonchev–Trinajstić information content (AvgIpc) is 2.40. The van der Waals surface area contributed by atoms with Crippen molar-refractivity contribution in [1.82, 2.24) is 0 Å². The van der Waals surface area contributed by atoms with Gasteiger partial charge in [0.1, 0.15) is 5.75 Å². The second-order valence-electron chi connectivity index (χ2n) is 5.89. The molecular weight excluding hydrogens is 254 g/mol. The van der Waals surface area contributed by atoms with E-state index in [9.17, 15) is 4.79 Å². The summed E-state index contributed by atoms with van der Waals surface area (Å²) < 4.78 is 5.36. The summed E-state index contributed by atoms with van der Waals surface area (Å²) >= 11 is 0. The molecule has 5 nitrogen and oxygen atoms in total. The zero-order valence-electron chi connectivity index (χ0n) is 11.7. The Morgan fingerprint density at radius 2 is 2.25 bits per heavy atom. The van der Waals surface area contributed by atoms with E-state index in [0.717, 1.165) is 11.6 Å². The van der Waals surface area contributed by atoms with E-state index in [1.54, 1.807) is 6.07 Å². The van der Waals surface area contributed by atoms with Crippen LogP contribution in [0.3, 0.4) is 0 Å². The first-order valence-corrected chi connectivity index (χ1v) is 7.24. The van der Waals surface area contributed by atoms with Crippen molar-refractivity contribution in [2.75, 3.05) is 23.0 Å². The lowest BCUT2D eigenvalue weighted by molar-refractivity contribution is -0.118. The number of ether oxygens (including phenoxy) is 1. The molecule has 0 aromatic heterocycles. The molecule has 1 heterocycles. The molecule has 0 radical (unpaired) electrons. The second kappa shape index (κ2) is 5.23. The summed E-state index contributed by atoms with van der Waals surface area (Å²) in [5, 5.41) is 6.33. The highest BCUT2D eigenvalue weighted by molar-refractivity contribution is 5.97. The number of carbonyl (C=O) groups is 1. The first kappa shape index (κ1) is 13.1.